The first-order chi connectivity index (χ1) is 10.1. The SMILES string of the molecule is CC(C)c1ncc(Cl)c(C(=O)NCCCN2CCCC2)n1. The summed E-state index contributed by atoms with van der Waals surface area (Å²) in [7, 11) is 0. The Bertz CT molecular complexity index is 487. The number of aromatic nitrogens is 2. The summed E-state index contributed by atoms with van der Waals surface area (Å²) in [5.41, 5.74) is 0.275. The quantitative estimate of drug-likeness (QED) is 0.820. The molecule has 0 atom stereocenters. The number of halogens is 1. The average Bonchev–Trinajstić information content (AvgIpc) is 2.96. The lowest BCUT2D eigenvalue weighted by molar-refractivity contribution is 0.0946. The topological polar surface area (TPSA) is 58.1 Å². The van der Waals surface area contributed by atoms with Gasteiger partial charge in [0, 0.05) is 12.5 Å². The Balaban J connectivity index is 1.83. The highest BCUT2D eigenvalue weighted by molar-refractivity contribution is 6.33. The largest absolute Gasteiger partial charge is 0.351 e. The van der Waals surface area contributed by atoms with Crippen molar-refractivity contribution >= 4 is 17.5 Å². The number of nitrogens with zero attached hydrogens (tertiary/aromatic N) is 3. The van der Waals surface area contributed by atoms with Crippen LogP contribution >= 0.6 is 11.6 Å². The molecular formula is C15H23ClN4O. The van der Waals surface area contributed by atoms with E-state index in [1.54, 1.807) is 0 Å². The summed E-state index contributed by atoms with van der Waals surface area (Å²) in [6.07, 6.45) is 5.04. The van der Waals surface area contributed by atoms with Gasteiger partial charge >= 0.3 is 0 Å². The number of likely N-dealkylation sites (tertiary alicyclic amines) is 1. The van der Waals surface area contributed by atoms with E-state index in [1.165, 1.54) is 32.1 Å². The van der Waals surface area contributed by atoms with Gasteiger partial charge in [-0.1, -0.05) is 25.4 Å². The molecule has 1 fully saturated rings. The lowest BCUT2D eigenvalue weighted by Crippen LogP contribution is -2.29. The van der Waals surface area contributed by atoms with Gasteiger partial charge in [-0.3, -0.25) is 4.79 Å². The van der Waals surface area contributed by atoms with E-state index < -0.39 is 0 Å². The molecule has 1 aliphatic heterocycles. The van der Waals surface area contributed by atoms with Crippen LogP contribution in [0.3, 0.4) is 0 Å². The van der Waals surface area contributed by atoms with E-state index >= 15 is 0 Å². The molecular weight excluding hydrogens is 288 g/mol. The van der Waals surface area contributed by atoms with Crippen LogP contribution in [0.1, 0.15) is 55.3 Å². The number of hydrogen-bond donors (Lipinski definition) is 1. The summed E-state index contributed by atoms with van der Waals surface area (Å²) in [5, 5.41) is 3.19. The summed E-state index contributed by atoms with van der Waals surface area (Å²) in [4.78, 5) is 23.0. The van der Waals surface area contributed by atoms with Gasteiger partial charge in [0.25, 0.3) is 5.91 Å². The Hall–Kier alpha value is -1.20. The standard InChI is InChI=1S/C15H23ClN4O/c1-11(2)14-18-10-12(16)13(19-14)15(21)17-6-5-9-20-7-3-4-8-20/h10-11H,3-9H2,1-2H3,(H,17,21). The lowest BCUT2D eigenvalue weighted by Gasteiger charge is -2.14. The predicted molar refractivity (Wildman–Crippen MR) is 83.8 cm³/mol. The van der Waals surface area contributed by atoms with Crippen LogP contribution in [-0.2, 0) is 0 Å². The van der Waals surface area contributed by atoms with Crippen LogP contribution in [0.4, 0.5) is 0 Å². The zero-order chi connectivity index (χ0) is 15.2. The zero-order valence-corrected chi connectivity index (χ0v) is 13.5. The Morgan fingerprint density at radius 3 is 2.81 bits per heavy atom. The maximum Gasteiger partial charge on any atom is 0.271 e. The maximum absolute atomic E-state index is 12.1. The summed E-state index contributed by atoms with van der Waals surface area (Å²) in [6, 6.07) is 0. The number of rotatable bonds is 6. The average molecular weight is 311 g/mol. The third-order valence-electron chi connectivity index (χ3n) is 3.63. The molecule has 1 aromatic rings. The molecule has 0 spiro atoms. The minimum absolute atomic E-state index is 0.170. The number of carbonyl (C=O) groups excluding carboxylic acids is 1. The molecule has 0 bridgehead atoms. The normalized spacial score (nSPS) is 15.6. The van der Waals surface area contributed by atoms with Crippen molar-refractivity contribution in [3.63, 3.8) is 0 Å². The van der Waals surface area contributed by atoms with Crippen molar-refractivity contribution in [2.45, 2.75) is 39.0 Å². The van der Waals surface area contributed by atoms with Gasteiger partial charge in [-0.05, 0) is 38.9 Å². The Kier molecular flexibility index (Phi) is 5.94. The number of hydrogen-bond acceptors (Lipinski definition) is 4. The van der Waals surface area contributed by atoms with Crippen molar-refractivity contribution in [1.82, 2.24) is 20.2 Å². The van der Waals surface area contributed by atoms with Crippen LogP contribution in [0.15, 0.2) is 6.20 Å². The molecule has 0 saturated carbocycles. The van der Waals surface area contributed by atoms with E-state index in [0.717, 1.165) is 13.0 Å². The monoisotopic (exact) mass is 310 g/mol. The molecule has 21 heavy (non-hydrogen) atoms. The van der Waals surface area contributed by atoms with E-state index in [9.17, 15) is 4.79 Å². The van der Waals surface area contributed by atoms with Crippen molar-refractivity contribution in [3.8, 4) is 0 Å². The van der Waals surface area contributed by atoms with Gasteiger partial charge in [-0.25, -0.2) is 9.97 Å². The summed E-state index contributed by atoms with van der Waals surface area (Å²) in [6.45, 7) is 8.02. The van der Waals surface area contributed by atoms with Crippen LogP contribution in [-0.4, -0.2) is 47.0 Å². The van der Waals surface area contributed by atoms with Gasteiger partial charge in [0.2, 0.25) is 0 Å². The predicted octanol–water partition coefficient (Wildman–Crippen LogP) is 2.47. The first-order valence-corrected chi connectivity index (χ1v) is 7.98. The molecule has 2 rings (SSSR count). The molecule has 5 nitrogen and oxygen atoms in total. The minimum atomic E-state index is -0.217. The molecule has 0 unspecified atom stereocenters. The van der Waals surface area contributed by atoms with E-state index in [0.29, 0.717) is 17.4 Å². The molecule has 6 heteroatoms. The second kappa shape index (κ2) is 7.71. The van der Waals surface area contributed by atoms with Crippen molar-refractivity contribution in [3.05, 3.63) is 22.7 Å². The zero-order valence-electron chi connectivity index (χ0n) is 12.7. The molecule has 1 N–H and O–H groups in total. The third kappa shape index (κ3) is 4.64. The van der Waals surface area contributed by atoms with Gasteiger partial charge in [0.1, 0.15) is 11.5 Å². The highest BCUT2D eigenvalue weighted by Crippen LogP contribution is 2.16. The van der Waals surface area contributed by atoms with E-state index in [1.807, 2.05) is 13.8 Å². The summed E-state index contributed by atoms with van der Waals surface area (Å²) >= 11 is 6.02. The van der Waals surface area contributed by atoms with Crippen LogP contribution in [0.25, 0.3) is 0 Å². The number of carbonyl (C=O) groups is 1. The molecule has 1 aromatic heterocycles. The molecule has 0 aromatic carbocycles. The molecule has 0 aliphatic carbocycles. The van der Waals surface area contributed by atoms with E-state index in [2.05, 4.69) is 20.2 Å². The lowest BCUT2D eigenvalue weighted by atomic mass is 10.2. The molecule has 2 heterocycles. The Morgan fingerprint density at radius 1 is 1.43 bits per heavy atom. The van der Waals surface area contributed by atoms with Gasteiger partial charge < -0.3 is 10.2 Å². The van der Waals surface area contributed by atoms with E-state index in [-0.39, 0.29) is 17.5 Å². The number of nitrogens with one attached hydrogen (secondary N) is 1. The smallest absolute Gasteiger partial charge is 0.271 e. The third-order valence-corrected chi connectivity index (χ3v) is 3.91. The fourth-order valence-electron chi connectivity index (χ4n) is 2.41. The molecule has 1 amide bonds. The van der Waals surface area contributed by atoms with Crippen LogP contribution in [0.5, 0.6) is 0 Å². The molecule has 1 saturated heterocycles. The Labute approximate surface area is 131 Å². The summed E-state index contributed by atoms with van der Waals surface area (Å²) in [5.74, 6) is 0.594. The molecule has 0 radical (unpaired) electrons. The van der Waals surface area contributed by atoms with Crippen molar-refractivity contribution in [1.29, 1.82) is 0 Å². The molecule has 116 valence electrons. The maximum atomic E-state index is 12.1. The van der Waals surface area contributed by atoms with Crippen molar-refractivity contribution in [2.24, 2.45) is 0 Å². The highest BCUT2D eigenvalue weighted by atomic mass is 35.5. The highest BCUT2D eigenvalue weighted by Gasteiger charge is 2.15. The van der Waals surface area contributed by atoms with Gasteiger partial charge in [-0.15, -0.1) is 0 Å². The fourth-order valence-corrected chi connectivity index (χ4v) is 2.59. The Morgan fingerprint density at radius 2 is 2.14 bits per heavy atom. The fraction of sp³-hybridized carbons (Fsp3) is 0.667. The first kappa shape index (κ1) is 16.2. The summed E-state index contributed by atoms with van der Waals surface area (Å²) < 4.78 is 0. The van der Waals surface area contributed by atoms with Crippen LogP contribution < -0.4 is 5.32 Å². The van der Waals surface area contributed by atoms with Gasteiger partial charge in [0.05, 0.1) is 11.2 Å². The molecule has 1 aliphatic rings. The van der Waals surface area contributed by atoms with Crippen LogP contribution in [0.2, 0.25) is 5.02 Å². The van der Waals surface area contributed by atoms with E-state index in [4.69, 9.17) is 11.6 Å². The number of amides is 1. The van der Waals surface area contributed by atoms with Gasteiger partial charge in [-0.2, -0.15) is 0 Å². The van der Waals surface area contributed by atoms with Gasteiger partial charge in [0.15, 0.2) is 0 Å². The second-order valence-electron chi connectivity index (χ2n) is 5.74. The van der Waals surface area contributed by atoms with Crippen molar-refractivity contribution in [2.75, 3.05) is 26.2 Å². The van der Waals surface area contributed by atoms with Crippen LogP contribution in [0, 0.1) is 0 Å². The first-order valence-electron chi connectivity index (χ1n) is 7.61. The second-order valence-corrected chi connectivity index (χ2v) is 6.14. The van der Waals surface area contributed by atoms with Crippen molar-refractivity contribution < 1.29 is 4.79 Å². The minimum Gasteiger partial charge on any atom is -0.351 e.